The third-order valence-electron chi connectivity index (χ3n) is 8.73. The lowest BCUT2D eigenvalue weighted by Crippen LogP contribution is -2.68. The zero-order valence-corrected chi connectivity index (χ0v) is 17.2. The van der Waals surface area contributed by atoms with Crippen LogP contribution in [0.15, 0.2) is 23.8 Å². The minimum Gasteiger partial charge on any atom is -0.381 e. The lowest BCUT2D eigenvalue weighted by molar-refractivity contribution is -0.172. The molecule has 3 fully saturated rings. The minimum atomic E-state index is -1.88. The Morgan fingerprint density at radius 1 is 1.36 bits per heavy atom. The molecular formula is C22H27ClF2O3. The maximum Gasteiger partial charge on any atom is 0.196 e. The van der Waals surface area contributed by atoms with Gasteiger partial charge in [-0.05, 0) is 55.6 Å². The SMILES string of the molecule is C[C@H]1C[C@H]2[C@@H]3CCC4=CC(=O)C=C[C@]4(C)[C@@]3(Cl)[C@@H](F)C[C@]2(C)[C@@]1(O)C(=O)CF. The summed E-state index contributed by atoms with van der Waals surface area (Å²) in [6.07, 6.45) is 4.86. The number of hydrogen-bond acceptors (Lipinski definition) is 3. The van der Waals surface area contributed by atoms with Crippen LogP contribution < -0.4 is 0 Å². The largest absolute Gasteiger partial charge is 0.381 e. The Morgan fingerprint density at radius 2 is 2.04 bits per heavy atom. The van der Waals surface area contributed by atoms with Crippen molar-refractivity contribution in [1.82, 2.24) is 0 Å². The molecule has 0 spiro atoms. The molecule has 0 saturated heterocycles. The topological polar surface area (TPSA) is 54.4 Å². The molecule has 4 aliphatic carbocycles. The first kappa shape index (κ1) is 20.2. The molecule has 0 aliphatic heterocycles. The van der Waals surface area contributed by atoms with Crippen LogP contribution in [0.1, 0.15) is 46.5 Å². The van der Waals surface area contributed by atoms with Gasteiger partial charge in [0.2, 0.25) is 0 Å². The van der Waals surface area contributed by atoms with E-state index in [0.717, 1.165) is 5.57 Å². The number of halogens is 3. The van der Waals surface area contributed by atoms with E-state index in [9.17, 15) is 19.1 Å². The van der Waals surface area contributed by atoms with Crippen LogP contribution in [0.3, 0.4) is 0 Å². The van der Waals surface area contributed by atoms with E-state index >= 15 is 4.39 Å². The highest BCUT2D eigenvalue weighted by molar-refractivity contribution is 6.26. The number of allylic oxidation sites excluding steroid dienone is 4. The zero-order chi connectivity index (χ0) is 20.7. The smallest absolute Gasteiger partial charge is 0.196 e. The second-order valence-corrected chi connectivity index (χ2v) is 10.3. The van der Waals surface area contributed by atoms with Crippen LogP contribution >= 0.6 is 11.6 Å². The lowest BCUT2D eigenvalue weighted by atomic mass is 9.46. The first-order valence-electron chi connectivity index (χ1n) is 10.1. The van der Waals surface area contributed by atoms with Gasteiger partial charge in [0.25, 0.3) is 0 Å². The van der Waals surface area contributed by atoms with E-state index in [1.165, 1.54) is 6.08 Å². The molecule has 3 saturated carbocycles. The number of Topliss-reactive ketones (excluding diaryl/α,β-unsaturated/α-hetero) is 1. The summed E-state index contributed by atoms with van der Waals surface area (Å²) in [5.41, 5.74) is -2.91. The second kappa shape index (κ2) is 5.98. The zero-order valence-electron chi connectivity index (χ0n) is 16.5. The Hall–Kier alpha value is -1.07. The predicted molar refractivity (Wildman–Crippen MR) is 102 cm³/mol. The molecule has 0 bridgehead atoms. The van der Waals surface area contributed by atoms with Gasteiger partial charge in [-0.25, -0.2) is 8.78 Å². The van der Waals surface area contributed by atoms with Gasteiger partial charge in [0.05, 0.1) is 4.87 Å². The lowest BCUT2D eigenvalue weighted by Gasteiger charge is -2.63. The van der Waals surface area contributed by atoms with Gasteiger partial charge in [-0.15, -0.1) is 11.6 Å². The number of aliphatic hydroxyl groups is 1. The summed E-state index contributed by atoms with van der Waals surface area (Å²) in [5, 5.41) is 11.3. The molecule has 0 unspecified atom stereocenters. The quantitative estimate of drug-likeness (QED) is 0.694. The van der Waals surface area contributed by atoms with Crippen LogP contribution in [0.2, 0.25) is 0 Å². The monoisotopic (exact) mass is 412 g/mol. The molecule has 0 radical (unpaired) electrons. The number of fused-ring (bicyclic) bond motifs is 5. The number of carbonyl (C=O) groups excluding carboxylic acids is 2. The molecule has 0 aromatic carbocycles. The third kappa shape index (κ3) is 2.08. The van der Waals surface area contributed by atoms with E-state index < -0.39 is 45.9 Å². The van der Waals surface area contributed by atoms with Gasteiger partial charge in [0.1, 0.15) is 11.8 Å². The van der Waals surface area contributed by atoms with Gasteiger partial charge in [-0.3, -0.25) is 9.59 Å². The Bertz CT molecular complexity index is 810. The number of rotatable bonds is 2. The molecule has 0 aromatic rings. The Labute approximate surface area is 169 Å². The molecule has 28 heavy (non-hydrogen) atoms. The summed E-state index contributed by atoms with van der Waals surface area (Å²) >= 11 is 7.15. The van der Waals surface area contributed by atoms with Crippen molar-refractivity contribution >= 4 is 23.2 Å². The van der Waals surface area contributed by atoms with Gasteiger partial charge >= 0.3 is 0 Å². The summed E-state index contributed by atoms with van der Waals surface area (Å²) in [5.74, 6) is -1.92. The molecule has 0 aromatic heterocycles. The van der Waals surface area contributed by atoms with Crippen molar-refractivity contribution in [1.29, 1.82) is 0 Å². The molecule has 0 amide bonds. The standard InChI is InChI=1S/C22H27ClF2O3/c1-12-8-16-15-5-4-13-9-14(26)6-7-19(13,2)21(15,23)17(25)10-20(16,3)22(12,28)18(27)11-24/h6-7,9,12,15-17,28H,4-5,8,10-11H2,1-3H3/t12-,15-,16-,17-,19-,20-,21-,22-/m0/s1. The Balaban J connectivity index is 1.84. The highest BCUT2D eigenvalue weighted by Gasteiger charge is 2.75. The van der Waals surface area contributed by atoms with Crippen LogP contribution in [0.5, 0.6) is 0 Å². The van der Waals surface area contributed by atoms with E-state index in [0.29, 0.717) is 19.3 Å². The fourth-order valence-electron chi connectivity index (χ4n) is 7.18. The predicted octanol–water partition coefficient (Wildman–Crippen LogP) is 4.12. The molecule has 6 heteroatoms. The van der Waals surface area contributed by atoms with Gasteiger partial charge < -0.3 is 5.11 Å². The Kier molecular flexibility index (Phi) is 4.31. The number of ketones is 2. The van der Waals surface area contributed by atoms with Gasteiger partial charge in [-0.2, -0.15) is 0 Å². The highest BCUT2D eigenvalue weighted by Crippen LogP contribution is 2.71. The normalized spacial score (nSPS) is 52.5. The Morgan fingerprint density at radius 3 is 2.68 bits per heavy atom. The van der Waals surface area contributed by atoms with E-state index in [-0.39, 0.29) is 24.0 Å². The molecule has 1 N–H and O–H groups in total. The molecule has 3 nitrogen and oxygen atoms in total. The second-order valence-electron chi connectivity index (χ2n) is 9.68. The fraction of sp³-hybridized carbons (Fsp3) is 0.727. The van der Waals surface area contributed by atoms with Crippen LogP contribution in [-0.4, -0.2) is 40.0 Å². The average molecular weight is 413 g/mol. The highest BCUT2D eigenvalue weighted by atomic mass is 35.5. The van der Waals surface area contributed by atoms with E-state index in [1.807, 2.05) is 6.92 Å². The molecule has 4 aliphatic rings. The molecule has 0 heterocycles. The first-order valence-corrected chi connectivity index (χ1v) is 10.4. The summed E-state index contributed by atoms with van der Waals surface area (Å²) in [4.78, 5) is 23.0. The number of alkyl halides is 3. The van der Waals surface area contributed by atoms with E-state index in [2.05, 4.69) is 0 Å². The summed E-state index contributed by atoms with van der Waals surface area (Å²) in [6.45, 7) is 4.10. The van der Waals surface area contributed by atoms with E-state index in [1.54, 1.807) is 26.0 Å². The van der Waals surface area contributed by atoms with Crippen LogP contribution in [0.4, 0.5) is 8.78 Å². The molecule has 8 atom stereocenters. The van der Waals surface area contributed by atoms with Gasteiger partial charge in [-0.1, -0.05) is 32.4 Å². The van der Waals surface area contributed by atoms with Crippen LogP contribution in [-0.2, 0) is 9.59 Å². The summed E-state index contributed by atoms with van der Waals surface area (Å²) in [6, 6.07) is 0. The van der Waals surface area contributed by atoms with Crippen molar-refractivity contribution < 1.29 is 23.5 Å². The van der Waals surface area contributed by atoms with Crippen molar-refractivity contribution in [2.24, 2.45) is 28.6 Å². The summed E-state index contributed by atoms with van der Waals surface area (Å²) < 4.78 is 29.3. The number of carbonyl (C=O) groups is 2. The van der Waals surface area contributed by atoms with Crippen LogP contribution in [0.25, 0.3) is 0 Å². The maximum atomic E-state index is 15.9. The van der Waals surface area contributed by atoms with E-state index in [4.69, 9.17) is 11.6 Å². The summed E-state index contributed by atoms with van der Waals surface area (Å²) in [7, 11) is 0. The van der Waals surface area contributed by atoms with Crippen molar-refractivity contribution in [3.05, 3.63) is 23.8 Å². The van der Waals surface area contributed by atoms with Crippen molar-refractivity contribution in [2.45, 2.75) is 63.1 Å². The van der Waals surface area contributed by atoms with Gasteiger partial charge in [0, 0.05) is 10.8 Å². The molecular weight excluding hydrogens is 386 g/mol. The molecule has 154 valence electrons. The maximum absolute atomic E-state index is 15.9. The fourth-order valence-corrected chi connectivity index (χ4v) is 7.70. The minimum absolute atomic E-state index is 0.102. The van der Waals surface area contributed by atoms with Crippen LogP contribution in [0, 0.1) is 28.6 Å². The molecule has 4 rings (SSSR count). The van der Waals surface area contributed by atoms with Crippen molar-refractivity contribution in [3.63, 3.8) is 0 Å². The van der Waals surface area contributed by atoms with Gasteiger partial charge in [0.15, 0.2) is 18.2 Å². The first-order chi connectivity index (χ1) is 13.0. The van der Waals surface area contributed by atoms with Crippen molar-refractivity contribution in [3.8, 4) is 0 Å². The average Bonchev–Trinajstić information content (AvgIpc) is 2.84. The number of hydrogen-bond donors (Lipinski definition) is 1. The van der Waals surface area contributed by atoms with Crippen molar-refractivity contribution in [2.75, 3.05) is 6.67 Å². The third-order valence-corrected chi connectivity index (χ3v) is 9.64.